The van der Waals surface area contributed by atoms with Gasteiger partial charge in [0.05, 0.1) is 17.8 Å². The first kappa shape index (κ1) is 16.8. The molecule has 140 valence electrons. The molecule has 0 saturated heterocycles. The molecule has 0 radical (unpaired) electrons. The standard InChI is InChI=1S/C20H15ClN4O3/c21-12-1-3-14-15(8-12)24-18(26)7-11-10-22-20(25-19(11)14)23-13-2-4-16-17(9-13)28-6-5-27-16/h1-4,8-10H,5-7H2,(H,24,26)(H,22,23,25). The van der Waals surface area contributed by atoms with Crippen LogP contribution in [0, 0.1) is 0 Å². The molecule has 2 aliphatic heterocycles. The number of hydrogen-bond donors (Lipinski definition) is 2. The van der Waals surface area contributed by atoms with Gasteiger partial charge in [-0.25, -0.2) is 9.97 Å². The highest BCUT2D eigenvalue weighted by Gasteiger charge is 2.21. The summed E-state index contributed by atoms with van der Waals surface area (Å²) in [4.78, 5) is 21.2. The third kappa shape index (κ3) is 3.10. The molecular weight excluding hydrogens is 380 g/mol. The van der Waals surface area contributed by atoms with E-state index in [-0.39, 0.29) is 12.3 Å². The molecule has 3 aromatic rings. The van der Waals surface area contributed by atoms with Gasteiger partial charge in [-0.15, -0.1) is 0 Å². The maximum Gasteiger partial charge on any atom is 0.228 e. The van der Waals surface area contributed by atoms with Gasteiger partial charge in [0.25, 0.3) is 0 Å². The fourth-order valence-electron chi connectivity index (χ4n) is 3.27. The molecule has 8 heteroatoms. The number of hydrogen-bond acceptors (Lipinski definition) is 6. The van der Waals surface area contributed by atoms with Crippen molar-refractivity contribution in [3.8, 4) is 22.8 Å². The minimum Gasteiger partial charge on any atom is -0.486 e. The minimum absolute atomic E-state index is 0.126. The second-order valence-electron chi connectivity index (χ2n) is 6.47. The number of halogens is 1. The van der Waals surface area contributed by atoms with E-state index in [1.165, 1.54) is 0 Å². The van der Waals surface area contributed by atoms with E-state index in [1.807, 2.05) is 24.3 Å². The molecular formula is C20H15ClN4O3. The Hall–Kier alpha value is -3.32. The zero-order valence-electron chi connectivity index (χ0n) is 14.7. The molecule has 2 aliphatic rings. The average molecular weight is 395 g/mol. The van der Waals surface area contributed by atoms with Crippen molar-refractivity contribution < 1.29 is 14.3 Å². The summed E-state index contributed by atoms with van der Waals surface area (Å²) in [5.74, 6) is 1.69. The third-order valence-electron chi connectivity index (χ3n) is 4.52. The number of nitrogens with zero attached hydrogens (tertiary/aromatic N) is 2. The first-order valence-electron chi connectivity index (χ1n) is 8.78. The number of amides is 1. The molecule has 2 N–H and O–H groups in total. The molecule has 0 saturated carbocycles. The summed E-state index contributed by atoms with van der Waals surface area (Å²) >= 11 is 6.08. The van der Waals surface area contributed by atoms with Crippen molar-refractivity contribution in [2.45, 2.75) is 6.42 Å². The zero-order valence-corrected chi connectivity index (χ0v) is 15.4. The van der Waals surface area contributed by atoms with Gasteiger partial charge in [0, 0.05) is 34.1 Å². The summed E-state index contributed by atoms with van der Waals surface area (Å²) in [6, 6.07) is 10.9. The molecule has 0 fully saturated rings. The van der Waals surface area contributed by atoms with Gasteiger partial charge in [0.15, 0.2) is 11.5 Å². The van der Waals surface area contributed by atoms with Gasteiger partial charge in [-0.1, -0.05) is 11.6 Å². The van der Waals surface area contributed by atoms with Gasteiger partial charge < -0.3 is 20.1 Å². The van der Waals surface area contributed by atoms with Crippen molar-refractivity contribution >= 4 is 34.8 Å². The Morgan fingerprint density at radius 3 is 2.82 bits per heavy atom. The second-order valence-corrected chi connectivity index (χ2v) is 6.90. The van der Waals surface area contributed by atoms with Crippen LogP contribution in [0.5, 0.6) is 11.5 Å². The summed E-state index contributed by atoms with van der Waals surface area (Å²) in [7, 11) is 0. The first-order valence-corrected chi connectivity index (χ1v) is 9.16. The van der Waals surface area contributed by atoms with Crippen LogP contribution in [0.2, 0.25) is 5.02 Å². The summed E-state index contributed by atoms with van der Waals surface area (Å²) in [6.07, 6.45) is 1.87. The van der Waals surface area contributed by atoms with Crippen LogP contribution >= 0.6 is 11.6 Å². The zero-order chi connectivity index (χ0) is 19.1. The Balaban J connectivity index is 1.52. The lowest BCUT2D eigenvalue weighted by atomic mass is 10.1. The summed E-state index contributed by atoms with van der Waals surface area (Å²) in [5.41, 5.74) is 3.67. The minimum atomic E-state index is -0.126. The summed E-state index contributed by atoms with van der Waals surface area (Å²) in [5, 5.41) is 6.61. The summed E-state index contributed by atoms with van der Waals surface area (Å²) in [6.45, 7) is 1.07. The lowest BCUT2D eigenvalue weighted by Gasteiger charge is -2.19. The number of rotatable bonds is 2. The number of anilines is 3. The number of ether oxygens (including phenoxy) is 2. The van der Waals surface area contributed by atoms with Crippen molar-refractivity contribution in [2.24, 2.45) is 0 Å². The van der Waals surface area contributed by atoms with E-state index in [1.54, 1.807) is 18.3 Å². The average Bonchev–Trinajstić information content (AvgIpc) is 2.82. The largest absolute Gasteiger partial charge is 0.486 e. The monoisotopic (exact) mass is 394 g/mol. The van der Waals surface area contributed by atoms with Gasteiger partial charge >= 0.3 is 0 Å². The molecule has 2 aromatic carbocycles. The smallest absolute Gasteiger partial charge is 0.228 e. The highest BCUT2D eigenvalue weighted by molar-refractivity contribution is 6.31. The highest BCUT2D eigenvalue weighted by Crippen LogP contribution is 2.36. The molecule has 1 aromatic heterocycles. The second kappa shape index (κ2) is 6.69. The van der Waals surface area contributed by atoms with Crippen molar-refractivity contribution in [1.29, 1.82) is 0 Å². The number of nitrogens with one attached hydrogen (secondary N) is 2. The maximum atomic E-state index is 12.2. The van der Waals surface area contributed by atoms with Gasteiger partial charge in [-0.2, -0.15) is 0 Å². The molecule has 5 rings (SSSR count). The van der Waals surface area contributed by atoms with Crippen LogP contribution in [-0.4, -0.2) is 29.1 Å². The van der Waals surface area contributed by atoms with E-state index in [4.69, 9.17) is 21.1 Å². The third-order valence-corrected chi connectivity index (χ3v) is 4.76. The normalized spacial score (nSPS) is 14.4. The van der Waals surface area contributed by atoms with Crippen LogP contribution < -0.4 is 20.1 Å². The number of carbonyl (C=O) groups excluding carboxylic acids is 1. The van der Waals surface area contributed by atoms with Crippen molar-refractivity contribution in [3.63, 3.8) is 0 Å². The van der Waals surface area contributed by atoms with Crippen LogP contribution in [0.4, 0.5) is 17.3 Å². The Morgan fingerprint density at radius 1 is 1.07 bits per heavy atom. The van der Waals surface area contributed by atoms with Crippen molar-refractivity contribution in [3.05, 3.63) is 53.2 Å². The lowest BCUT2D eigenvalue weighted by Crippen LogP contribution is -2.15. The molecule has 0 bridgehead atoms. The number of carbonyl (C=O) groups is 1. The SMILES string of the molecule is O=C1Cc2cnc(Nc3ccc4c(c3)OCCO4)nc2-c2ccc(Cl)cc2N1. The molecule has 3 heterocycles. The van der Waals surface area contributed by atoms with E-state index in [0.29, 0.717) is 41.3 Å². The lowest BCUT2D eigenvalue weighted by molar-refractivity contribution is -0.115. The van der Waals surface area contributed by atoms with Crippen LogP contribution in [0.15, 0.2) is 42.6 Å². The van der Waals surface area contributed by atoms with E-state index < -0.39 is 0 Å². The quantitative estimate of drug-likeness (QED) is 0.687. The Morgan fingerprint density at radius 2 is 1.93 bits per heavy atom. The van der Waals surface area contributed by atoms with Crippen LogP contribution in [0.1, 0.15) is 5.56 Å². The number of benzene rings is 2. The van der Waals surface area contributed by atoms with Crippen molar-refractivity contribution in [2.75, 3.05) is 23.8 Å². The van der Waals surface area contributed by atoms with E-state index in [9.17, 15) is 4.79 Å². The Labute approximate surface area is 165 Å². The molecule has 7 nitrogen and oxygen atoms in total. The molecule has 0 spiro atoms. The fourth-order valence-corrected chi connectivity index (χ4v) is 3.45. The molecule has 1 amide bonds. The topological polar surface area (TPSA) is 85.4 Å². The number of aromatic nitrogens is 2. The predicted molar refractivity (Wildman–Crippen MR) is 106 cm³/mol. The Kier molecular flexibility index (Phi) is 4.02. The fraction of sp³-hybridized carbons (Fsp3) is 0.150. The number of fused-ring (bicyclic) bond motifs is 4. The molecule has 0 aliphatic carbocycles. The van der Waals surface area contributed by atoms with Crippen LogP contribution in [0.25, 0.3) is 11.3 Å². The van der Waals surface area contributed by atoms with Gasteiger partial charge in [0.2, 0.25) is 11.9 Å². The molecule has 0 atom stereocenters. The van der Waals surface area contributed by atoms with E-state index >= 15 is 0 Å². The van der Waals surface area contributed by atoms with Crippen molar-refractivity contribution in [1.82, 2.24) is 9.97 Å². The Bertz CT molecular complexity index is 1100. The van der Waals surface area contributed by atoms with E-state index in [0.717, 1.165) is 22.6 Å². The van der Waals surface area contributed by atoms with Crippen LogP contribution in [-0.2, 0) is 11.2 Å². The maximum absolute atomic E-state index is 12.2. The van der Waals surface area contributed by atoms with E-state index in [2.05, 4.69) is 20.6 Å². The highest BCUT2D eigenvalue weighted by atomic mass is 35.5. The van der Waals surface area contributed by atoms with Crippen LogP contribution in [0.3, 0.4) is 0 Å². The molecule has 28 heavy (non-hydrogen) atoms. The predicted octanol–water partition coefficient (Wildman–Crippen LogP) is 3.81. The van der Waals surface area contributed by atoms with Gasteiger partial charge in [-0.3, -0.25) is 4.79 Å². The van der Waals surface area contributed by atoms with Gasteiger partial charge in [0.1, 0.15) is 13.2 Å². The first-order chi connectivity index (χ1) is 13.7. The van der Waals surface area contributed by atoms with Gasteiger partial charge in [-0.05, 0) is 30.3 Å². The summed E-state index contributed by atoms with van der Waals surface area (Å²) < 4.78 is 11.2. The molecule has 0 unspecified atom stereocenters.